The van der Waals surface area contributed by atoms with Gasteiger partial charge < -0.3 is 9.62 Å². The Morgan fingerprint density at radius 3 is 2.62 bits per heavy atom. The summed E-state index contributed by atoms with van der Waals surface area (Å²) in [6.45, 7) is 4.54. The van der Waals surface area contributed by atoms with Gasteiger partial charge in [0.05, 0.1) is 13.7 Å². The summed E-state index contributed by atoms with van der Waals surface area (Å²) < 4.78 is 5.37. The molecule has 0 aliphatic carbocycles. The smallest absolute Gasteiger partial charge is 0.207 e. The fourth-order valence-corrected chi connectivity index (χ4v) is 1.04. The predicted molar refractivity (Wildman–Crippen MR) is 50.0 cm³/mol. The van der Waals surface area contributed by atoms with Crippen LogP contribution in [0.5, 0.6) is 11.5 Å². The van der Waals surface area contributed by atoms with E-state index in [2.05, 4.69) is 4.89 Å². The molecular weight excluding hydrogens is 168 g/mol. The lowest BCUT2D eigenvalue weighted by Crippen LogP contribution is -1.97. The van der Waals surface area contributed by atoms with Crippen LogP contribution in [0.1, 0.15) is 12.5 Å². The average molecular weight is 182 g/mol. The zero-order chi connectivity index (χ0) is 9.68. The van der Waals surface area contributed by atoms with E-state index in [9.17, 15) is 0 Å². The van der Waals surface area contributed by atoms with Crippen molar-refractivity contribution in [3.8, 4) is 11.5 Å². The van der Waals surface area contributed by atoms with Gasteiger partial charge >= 0.3 is 0 Å². The lowest BCUT2D eigenvalue weighted by molar-refractivity contribution is -0.179. The highest BCUT2D eigenvalue weighted by atomic mass is 17.2. The van der Waals surface area contributed by atoms with E-state index in [1.54, 1.807) is 0 Å². The van der Waals surface area contributed by atoms with Crippen molar-refractivity contribution in [2.45, 2.75) is 13.8 Å². The monoisotopic (exact) mass is 182 g/mol. The maximum atomic E-state index is 5.37. The van der Waals surface area contributed by atoms with Crippen LogP contribution in [-0.2, 0) is 4.89 Å². The van der Waals surface area contributed by atoms with Crippen molar-refractivity contribution >= 4 is 0 Å². The van der Waals surface area contributed by atoms with Gasteiger partial charge in [-0.05, 0) is 31.5 Å². The minimum absolute atomic E-state index is 0.606. The van der Waals surface area contributed by atoms with E-state index < -0.39 is 0 Å². The van der Waals surface area contributed by atoms with Crippen LogP contribution in [0, 0.1) is 6.92 Å². The van der Waals surface area contributed by atoms with Crippen LogP contribution >= 0.6 is 0 Å². The first kappa shape index (κ1) is 9.86. The molecule has 3 nitrogen and oxygen atoms in total. The normalized spacial score (nSPS) is 9.77. The molecule has 0 saturated carbocycles. The van der Waals surface area contributed by atoms with E-state index in [-0.39, 0.29) is 0 Å². The molecule has 0 aromatic heterocycles. The fourth-order valence-electron chi connectivity index (χ4n) is 1.04. The Kier molecular flexibility index (Phi) is 3.58. The summed E-state index contributed by atoms with van der Waals surface area (Å²) in [5.41, 5.74) is 1.13. The molecule has 0 fully saturated rings. The maximum Gasteiger partial charge on any atom is 0.207 e. The van der Waals surface area contributed by atoms with Crippen LogP contribution in [0.25, 0.3) is 0 Å². The van der Waals surface area contributed by atoms with Gasteiger partial charge in [-0.15, -0.1) is 0 Å². The Bertz CT molecular complexity index is 271. The first-order chi connectivity index (χ1) is 6.27. The molecule has 13 heavy (non-hydrogen) atoms. The Morgan fingerprint density at radius 1 is 1.23 bits per heavy atom. The maximum absolute atomic E-state index is 5.37. The molecule has 0 aliphatic heterocycles. The quantitative estimate of drug-likeness (QED) is 0.528. The largest absolute Gasteiger partial charge is 0.490 e. The molecule has 0 radical (unpaired) electrons. The van der Waals surface area contributed by atoms with Gasteiger partial charge in [-0.25, -0.2) is 0 Å². The van der Waals surface area contributed by atoms with Crippen molar-refractivity contribution < 1.29 is 14.5 Å². The third-order valence-electron chi connectivity index (χ3n) is 1.57. The summed E-state index contributed by atoms with van der Waals surface area (Å²) in [6.07, 6.45) is 0. The standard InChI is InChI=1S/C10H14O3/c1-4-12-10-7-8(2)5-6-9(10)13-11-3/h5-7H,4H2,1-3H3. The van der Waals surface area contributed by atoms with Gasteiger partial charge in [-0.2, -0.15) is 4.89 Å². The molecule has 3 heteroatoms. The Labute approximate surface area is 78.2 Å². The zero-order valence-electron chi connectivity index (χ0n) is 8.16. The number of hydrogen-bond donors (Lipinski definition) is 0. The van der Waals surface area contributed by atoms with Crippen molar-refractivity contribution in [3.63, 3.8) is 0 Å². The molecule has 1 aromatic carbocycles. The number of rotatable bonds is 4. The number of benzene rings is 1. The minimum atomic E-state index is 0.606. The second-order valence-electron chi connectivity index (χ2n) is 2.63. The summed E-state index contributed by atoms with van der Waals surface area (Å²) in [5, 5.41) is 0. The molecule has 0 amide bonds. The van der Waals surface area contributed by atoms with Crippen LogP contribution in [0.4, 0.5) is 0 Å². The first-order valence-electron chi connectivity index (χ1n) is 4.22. The third kappa shape index (κ3) is 2.63. The summed E-state index contributed by atoms with van der Waals surface area (Å²) in [5.74, 6) is 1.32. The van der Waals surface area contributed by atoms with Crippen molar-refractivity contribution in [3.05, 3.63) is 23.8 Å². The highest BCUT2D eigenvalue weighted by Crippen LogP contribution is 2.28. The van der Waals surface area contributed by atoms with Crippen LogP contribution in [0.2, 0.25) is 0 Å². The Morgan fingerprint density at radius 2 is 2.00 bits per heavy atom. The molecule has 0 atom stereocenters. The van der Waals surface area contributed by atoms with Crippen LogP contribution in [-0.4, -0.2) is 13.7 Å². The summed E-state index contributed by atoms with van der Waals surface area (Å²) >= 11 is 0. The van der Waals surface area contributed by atoms with Crippen LogP contribution < -0.4 is 9.62 Å². The average Bonchev–Trinajstić information content (AvgIpc) is 2.10. The van der Waals surface area contributed by atoms with E-state index in [0.29, 0.717) is 18.1 Å². The Hall–Kier alpha value is -1.22. The topological polar surface area (TPSA) is 27.7 Å². The molecule has 0 N–H and O–H groups in total. The molecule has 0 bridgehead atoms. The lowest BCUT2D eigenvalue weighted by atomic mass is 10.2. The molecule has 1 aromatic rings. The van der Waals surface area contributed by atoms with Crippen LogP contribution in [0.15, 0.2) is 18.2 Å². The van der Waals surface area contributed by atoms with E-state index >= 15 is 0 Å². The second-order valence-corrected chi connectivity index (χ2v) is 2.63. The summed E-state index contributed by atoms with van der Waals surface area (Å²) in [7, 11) is 1.47. The Balaban J connectivity index is 2.89. The third-order valence-corrected chi connectivity index (χ3v) is 1.57. The lowest BCUT2D eigenvalue weighted by Gasteiger charge is -2.09. The summed E-state index contributed by atoms with van der Waals surface area (Å²) in [4.78, 5) is 9.49. The van der Waals surface area contributed by atoms with Gasteiger partial charge in [0, 0.05) is 0 Å². The zero-order valence-corrected chi connectivity index (χ0v) is 8.16. The van der Waals surface area contributed by atoms with E-state index in [0.717, 1.165) is 5.56 Å². The molecule has 72 valence electrons. The second kappa shape index (κ2) is 4.72. The first-order valence-corrected chi connectivity index (χ1v) is 4.22. The SMILES string of the molecule is CCOc1cc(C)ccc1OOC. The van der Waals surface area contributed by atoms with E-state index in [1.165, 1.54) is 7.11 Å². The predicted octanol–water partition coefficient (Wildman–Crippen LogP) is 2.33. The molecule has 0 saturated heterocycles. The van der Waals surface area contributed by atoms with Crippen molar-refractivity contribution in [2.24, 2.45) is 0 Å². The van der Waals surface area contributed by atoms with E-state index in [4.69, 9.17) is 9.62 Å². The van der Waals surface area contributed by atoms with Gasteiger partial charge in [0.2, 0.25) is 5.75 Å². The van der Waals surface area contributed by atoms with Gasteiger partial charge in [-0.1, -0.05) is 6.07 Å². The molecule has 0 aliphatic rings. The van der Waals surface area contributed by atoms with Crippen molar-refractivity contribution in [1.29, 1.82) is 0 Å². The van der Waals surface area contributed by atoms with Gasteiger partial charge in [0.15, 0.2) is 5.75 Å². The van der Waals surface area contributed by atoms with Crippen molar-refractivity contribution in [2.75, 3.05) is 13.7 Å². The number of hydrogen-bond acceptors (Lipinski definition) is 3. The number of ether oxygens (including phenoxy) is 1. The molecule has 0 spiro atoms. The minimum Gasteiger partial charge on any atom is -0.490 e. The van der Waals surface area contributed by atoms with E-state index in [1.807, 2.05) is 32.0 Å². The van der Waals surface area contributed by atoms with Gasteiger partial charge in [0.1, 0.15) is 0 Å². The highest BCUT2D eigenvalue weighted by Gasteiger charge is 2.04. The highest BCUT2D eigenvalue weighted by molar-refractivity contribution is 5.42. The van der Waals surface area contributed by atoms with Gasteiger partial charge in [-0.3, -0.25) is 0 Å². The van der Waals surface area contributed by atoms with Gasteiger partial charge in [0.25, 0.3) is 0 Å². The van der Waals surface area contributed by atoms with Crippen LogP contribution in [0.3, 0.4) is 0 Å². The molecule has 0 heterocycles. The fraction of sp³-hybridized carbons (Fsp3) is 0.400. The number of aryl methyl sites for hydroxylation is 1. The van der Waals surface area contributed by atoms with Crippen molar-refractivity contribution in [1.82, 2.24) is 0 Å². The summed E-state index contributed by atoms with van der Waals surface area (Å²) in [6, 6.07) is 5.68. The molecular formula is C10H14O3. The molecule has 0 unspecified atom stereocenters. The molecule has 1 rings (SSSR count).